The number of hydrogen-bond acceptors (Lipinski definition) is 4. The molecule has 1 saturated carbocycles. The maximum atomic E-state index is 13.4. The molecular weight excluding hydrogens is 416 g/mol. The highest BCUT2D eigenvalue weighted by atomic mass is 16.5. The van der Waals surface area contributed by atoms with Crippen LogP contribution in [0.5, 0.6) is 11.5 Å². The lowest BCUT2D eigenvalue weighted by atomic mass is 9.95. The van der Waals surface area contributed by atoms with Crippen molar-refractivity contribution in [3.05, 3.63) is 59.7 Å². The van der Waals surface area contributed by atoms with Crippen molar-refractivity contribution in [3.8, 4) is 11.5 Å². The topological polar surface area (TPSA) is 67.9 Å². The van der Waals surface area contributed by atoms with Crippen molar-refractivity contribution in [3.63, 3.8) is 0 Å². The average molecular weight is 453 g/mol. The van der Waals surface area contributed by atoms with E-state index >= 15 is 0 Å². The Morgan fingerprint density at radius 3 is 2.55 bits per heavy atom. The van der Waals surface area contributed by atoms with Crippen LogP contribution in [0.1, 0.15) is 56.6 Å². The smallest absolute Gasteiger partial charge is 0.261 e. The molecule has 6 heteroatoms. The van der Waals surface area contributed by atoms with Crippen molar-refractivity contribution >= 4 is 11.8 Å². The Morgan fingerprint density at radius 1 is 1.09 bits per heavy atom. The predicted octanol–water partition coefficient (Wildman–Crippen LogP) is 4.64. The SMILES string of the molecule is CCC(C(=O)NC1CCCCC1)N(Cc1cccc(OC)c1)C(=O)COc1ccccc1C. The van der Waals surface area contributed by atoms with Crippen molar-refractivity contribution in [2.75, 3.05) is 13.7 Å². The minimum Gasteiger partial charge on any atom is -0.497 e. The zero-order chi connectivity index (χ0) is 23.6. The van der Waals surface area contributed by atoms with E-state index in [9.17, 15) is 9.59 Å². The first-order valence-electron chi connectivity index (χ1n) is 11.9. The molecule has 6 nitrogen and oxygen atoms in total. The molecule has 2 aromatic rings. The number of carbonyl (C=O) groups is 2. The van der Waals surface area contributed by atoms with E-state index in [4.69, 9.17) is 9.47 Å². The number of aryl methyl sites for hydroxylation is 1. The second kappa shape index (κ2) is 12.3. The molecule has 1 aliphatic carbocycles. The van der Waals surface area contributed by atoms with Gasteiger partial charge in [-0.3, -0.25) is 9.59 Å². The highest BCUT2D eigenvalue weighted by Crippen LogP contribution is 2.21. The Bertz CT molecular complexity index is 924. The fourth-order valence-corrected chi connectivity index (χ4v) is 4.37. The molecule has 0 radical (unpaired) electrons. The molecule has 0 aliphatic heterocycles. The fourth-order valence-electron chi connectivity index (χ4n) is 4.37. The molecule has 1 unspecified atom stereocenters. The minimum atomic E-state index is -0.564. The highest BCUT2D eigenvalue weighted by molar-refractivity contribution is 5.88. The van der Waals surface area contributed by atoms with Gasteiger partial charge in [-0.05, 0) is 55.5 Å². The summed E-state index contributed by atoms with van der Waals surface area (Å²) in [6.07, 6.45) is 6.03. The number of para-hydroxylation sites is 1. The lowest BCUT2D eigenvalue weighted by Gasteiger charge is -2.32. The van der Waals surface area contributed by atoms with Crippen molar-refractivity contribution in [1.82, 2.24) is 10.2 Å². The standard InChI is InChI=1S/C27H36N2O4/c1-4-24(27(31)28-22-13-6-5-7-14-22)29(18-21-12-10-15-23(17-21)32-3)26(30)19-33-25-16-9-8-11-20(25)2/h8-12,15-17,22,24H,4-7,13-14,18-19H2,1-3H3,(H,28,31). The van der Waals surface area contributed by atoms with Gasteiger partial charge < -0.3 is 19.7 Å². The second-order valence-electron chi connectivity index (χ2n) is 8.69. The van der Waals surface area contributed by atoms with Gasteiger partial charge in [-0.1, -0.05) is 56.5 Å². The van der Waals surface area contributed by atoms with Crippen LogP contribution in [-0.2, 0) is 16.1 Å². The number of hydrogen-bond donors (Lipinski definition) is 1. The number of carbonyl (C=O) groups excluding carboxylic acids is 2. The largest absolute Gasteiger partial charge is 0.497 e. The van der Waals surface area contributed by atoms with Gasteiger partial charge in [0.1, 0.15) is 17.5 Å². The first kappa shape index (κ1) is 24.6. The maximum absolute atomic E-state index is 13.4. The summed E-state index contributed by atoms with van der Waals surface area (Å²) in [6.45, 7) is 4.07. The quantitative estimate of drug-likeness (QED) is 0.570. The van der Waals surface area contributed by atoms with Gasteiger partial charge in [0.05, 0.1) is 7.11 Å². The van der Waals surface area contributed by atoms with Crippen LogP contribution in [0.3, 0.4) is 0 Å². The summed E-state index contributed by atoms with van der Waals surface area (Å²) in [5.41, 5.74) is 1.87. The predicted molar refractivity (Wildman–Crippen MR) is 129 cm³/mol. The van der Waals surface area contributed by atoms with Gasteiger partial charge >= 0.3 is 0 Å². The number of rotatable bonds is 10. The highest BCUT2D eigenvalue weighted by Gasteiger charge is 2.30. The Hall–Kier alpha value is -3.02. The number of nitrogens with one attached hydrogen (secondary N) is 1. The van der Waals surface area contributed by atoms with Crippen LogP contribution in [0, 0.1) is 6.92 Å². The molecule has 2 amide bonds. The molecule has 3 rings (SSSR count). The average Bonchev–Trinajstić information content (AvgIpc) is 2.84. The Balaban J connectivity index is 1.78. The molecule has 0 heterocycles. The Labute approximate surface area is 197 Å². The molecule has 0 spiro atoms. The Morgan fingerprint density at radius 2 is 1.85 bits per heavy atom. The summed E-state index contributed by atoms with van der Waals surface area (Å²) in [4.78, 5) is 28.3. The number of ether oxygens (including phenoxy) is 2. The zero-order valence-corrected chi connectivity index (χ0v) is 20.0. The van der Waals surface area contributed by atoms with Crippen molar-refractivity contribution in [2.45, 2.75) is 71.0 Å². The minimum absolute atomic E-state index is 0.0865. The molecule has 1 fully saturated rings. The third kappa shape index (κ3) is 6.98. The van der Waals surface area contributed by atoms with E-state index in [1.807, 2.05) is 62.4 Å². The molecule has 0 aromatic heterocycles. The molecule has 1 aliphatic rings. The maximum Gasteiger partial charge on any atom is 0.261 e. The third-order valence-electron chi connectivity index (χ3n) is 6.27. The van der Waals surface area contributed by atoms with Crippen LogP contribution in [-0.4, -0.2) is 42.5 Å². The Kier molecular flexibility index (Phi) is 9.16. The van der Waals surface area contributed by atoms with E-state index in [2.05, 4.69) is 5.32 Å². The summed E-state index contributed by atoms with van der Waals surface area (Å²) < 4.78 is 11.2. The first-order valence-corrected chi connectivity index (χ1v) is 11.9. The molecule has 2 aromatic carbocycles. The van der Waals surface area contributed by atoms with Crippen LogP contribution in [0.4, 0.5) is 0 Å². The van der Waals surface area contributed by atoms with E-state index in [1.54, 1.807) is 12.0 Å². The van der Waals surface area contributed by atoms with Gasteiger partial charge in [-0.25, -0.2) is 0 Å². The van der Waals surface area contributed by atoms with E-state index in [0.717, 1.165) is 42.6 Å². The number of nitrogens with zero attached hydrogens (tertiary/aromatic N) is 1. The van der Waals surface area contributed by atoms with Crippen LogP contribution in [0.2, 0.25) is 0 Å². The lowest BCUT2D eigenvalue weighted by molar-refractivity contribution is -0.143. The van der Waals surface area contributed by atoms with Gasteiger partial charge in [0, 0.05) is 12.6 Å². The molecule has 0 saturated heterocycles. The third-order valence-corrected chi connectivity index (χ3v) is 6.27. The number of methoxy groups -OCH3 is 1. The van der Waals surface area contributed by atoms with Crippen molar-refractivity contribution in [1.29, 1.82) is 0 Å². The van der Waals surface area contributed by atoms with Crippen LogP contribution in [0.25, 0.3) is 0 Å². The normalized spacial score (nSPS) is 14.9. The second-order valence-corrected chi connectivity index (χ2v) is 8.69. The summed E-state index contributed by atoms with van der Waals surface area (Å²) in [5, 5.41) is 3.20. The fraction of sp³-hybridized carbons (Fsp3) is 0.481. The summed E-state index contributed by atoms with van der Waals surface area (Å²) in [6, 6.07) is 14.8. The van der Waals surface area contributed by atoms with E-state index in [-0.39, 0.29) is 24.5 Å². The van der Waals surface area contributed by atoms with Gasteiger partial charge in [-0.15, -0.1) is 0 Å². The monoisotopic (exact) mass is 452 g/mol. The molecule has 33 heavy (non-hydrogen) atoms. The van der Waals surface area contributed by atoms with Gasteiger partial charge in [0.25, 0.3) is 5.91 Å². The summed E-state index contributed by atoms with van der Waals surface area (Å²) >= 11 is 0. The molecule has 0 bridgehead atoms. The summed E-state index contributed by atoms with van der Waals surface area (Å²) in [7, 11) is 1.62. The van der Waals surface area contributed by atoms with Crippen LogP contribution < -0.4 is 14.8 Å². The van der Waals surface area contributed by atoms with Crippen molar-refractivity contribution in [2.24, 2.45) is 0 Å². The molecule has 1 atom stereocenters. The van der Waals surface area contributed by atoms with E-state index in [0.29, 0.717) is 18.7 Å². The molecule has 1 N–H and O–H groups in total. The number of amides is 2. The van der Waals surface area contributed by atoms with Crippen molar-refractivity contribution < 1.29 is 19.1 Å². The molecule has 178 valence electrons. The van der Waals surface area contributed by atoms with Crippen LogP contribution in [0.15, 0.2) is 48.5 Å². The molecular formula is C27H36N2O4. The van der Waals surface area contributed by atoms with Crippen LogP contribution >= 0.6 is 0 Å². The van der Waals surface area contributed by atoms with Gasteiger partial charge in [-0.2, -0.15) is 0 Å². The van der Waals surface area contributed by atoms with Gasteiger partial charge in [0.15, 0.2) is 6.61 Å². The lowest BCUT2D eigenvalue weighted by Crippen LogP contribution is -2.52. The summed E-state index contributed by atoms with van der Waals surface area (Å²) in [5.74, 6) is 1.09. The number of benzene rings is 2. The van der Waals surface area contributed by atoms with E-state index < -0.39 is 6.04 Å². The first-order chi connectivity index (χ1) is 16.0. The zero-order valence-electron chi connectivity index (χ0n) is 20.0. The van der Waals surface area contributed by atoms with E-state index in [1.165, 1.54) is 6.42 Å². The van der Waals surface area contributed by atoms with Gasteiger partial charge in [0.2, 0.25) is 5.91 Å².